The van der Waals surface area contributed by atoms with E-state index in [0.717, 1.165) is 53.2 Å². The van der Waals surface area contributed by atoms with Crippen LogP contribution in [0, 0.1) is 13.8 Å². The summed E-state index contributed by atoms with van der Waals surface area (Å²) in [5.74, 6) is 0.338. The minimum Gasteiger partial charge on any atom is -0.503 e. The smallest absolute Gasteiger partial charge is 0.341 e. The number of hydrazone groups is 1. The highest BCUT2D eigenvalue weighted by molar-refractivity contribution is 6.16. The van der Waals surface area contributed by atoms with Crippen molar-refractivity contribution < 1.29 is 23.7 Å². The van der Waals surface area contributed by atoms with Crippen molar-refractivity contribution in [3.63, 3.8) is 0 Å². The maximum absolute atomic E-state index is 12.3. The van der Waals surface area contributed by atoms with Gasteiger partial charge in [-0.05, 0) is 54.7 Å². The van der Waals surface area contributed by atoms with Gasteiger partial charge in [-0.1, -0.05) is 31.2 Å². The summed E-state index contributed by atoms with van der Waals surface area (Å²) in [4.78, 5) is 12.3. The van der Waals surface area contributed by atoms with Crippen molar-refractivity contribution in [3.8, 4) is 5.75 Å². The zero-order chi connectivity index (χ0) is 24.5. The molecule has 0 atom stereocenters. The molecule has 0 radical (unpaired) electrons. The Hall–Kier alpha value is -3.32. The maximum atomic E-state index is 12.3. The first-order chi connectivity index (χ1) is 16.5. The minimum atomic E-state index is -0.461. The Morgan fingerprint density at radius 2 is 1.82 bits per heavy atom. The Morgan fingerprint density at radius 1 is 1.09 bits per heavy atom. The zero-order valence-corrected chi connectivity index (χ0v) is 20.7. The van der Waals surface area contributed by atoms with Crippen LogP contribution in [-0.4, -0.2) is 57.2 Å². The molecule has 0 N–H and O–H groups in total. The number of methoxy groups -OCH3 is 2. The summed E-state index contributed by atoms with van der Waals surface area (Å²) in [5, 5.41) is 6.98. The number of aryl methyl sites for hydroxylation is 2. The molecule has 7 heteroatoms. The molecule has 0 spiro atoms. The van der Waals surface area contributed by atoms with Gasteiger partial charge in [-0.15, -0.1) is 0 Å². The summed E-state index contributed by atoms with van der Waals surface area (Å²) < 4.78 is 21.7. The van der Waals surface area contributed by atoms with E-state index in [4.69, 9.17) is 24.0 Å². The van der Waals surface area contributed by atoms with E-state index in [1.54, 1.807) is 0 Å². The van der Waals surface area contributed by atoms with Gasteiger partial charge in [0.15, 0.2) is 0 Å². The van der Waals surface area contributed by atoms with Crippen molar-refractivity contribution in [2.75, 3.05) is 40.5 Å². The molecule has 0 aromatic heterocycles. The molecule has 1 aliphatic rings. The molecule has 182 valence electrons. The van der Waals surface area contributed by atoms with Crippen LogP contribution in [0.4, 0.5) is 0 Å². The molecule has 34 heavy (non-hydrogen) atoms. The van der Waals surface area contributed by atoms with Crippen LogP contribution in [0.2, 0.25) is 0 Å². The van der Waals surface area contributed by atoms with E-state index in [1.165, 1.54) is 20.5 Å². The van der Waals surface area contributed by atoms with E-state index in [0.29, 0.717) is 31.0 Å². The van der Waals surface area contributed by atoms with Crippen LogP contribution < -0.4 is 4.74 Å². The van der Waals surface area contributed by atoms with Gasteiger partial charge in [0.1, 0.15) is 17.9 Å². The number of nitrogens with zero attached hydrogens (tertiary/aromatic N) is 2. The fourth-order valence-corrected chi connectivity index (χ4v) is 3.91. The predicted molar refractivity (Wildman–Crippen MR) is 133 cm³/mol. The minimum absolute atomic E-state index is 0.302. The van der Waals surface area contributed by atoms with Crippen molar-refractivity contribution >= 4 is 17.3 Å². The molecular formula is C27H34N2O5. The molecule has 0 unspecified atom stereocenters. The third-order valence-corrected chi connectivity index (χ3v) is 5.75. The summed E-state index contributed by atoms with van der Waals surface area (Å²) >= 11 is 0. The molecule has 3 rings (SSSR count). The fraction of sp³-hybridized carbons (Fsp3) is 0.407. The molecule has 2 aromatic carbocycles. The number of hydrogen-bond donors (Lipinski definition) is 0. The molecule has 7 nitrogen and oxygen atoms in total. The highest BCUT2D eigenvalue weighted by Crippen LogP contribution is 2.27. The van der Waals surface area contributed by atoms with Gasteiger partial charge in [0.05, 0.1) is 52.5 Å². The van der Waals surface area contributed by atoms with E-state index in [2.05, 4.69) is 31.0 Å². The van der Waals surface area contributed by atoms with Crippen LogP contribution in [0.3, 0.4) is 0 Å². The van der Waals surface area contributed by atoms with Crippen molar-refractivity contribution in [2.24, 2.45) is 5.10 Å². The standard InChI is InChI=1S/C27H34N2O5/c1-6-25(28-29-11-13-33-14-12-29)23-15-20(3)26(16-19(23)2)34-17-21-9-7-8-10-22(21)24(18-31-4)27(30)32-5/h7-10,15-16,18H,6,11-14,17H2,1-5H3. The van der Waals surface area contributed by atoms with E-state index in [-0.39, 0.29) is 0 Å². The summed E-state index contributed by atoms with van der Waals surface area (Å²) in [6.45, 7) is 9.60. The summed E-state index contributed by atoms with van der Waals surface area (Å²) in [5.41, 5.74) is 6.26. The Labute approximate surface area is 202 Å². The number of benzene rings is 2. The second-order valence-corrected chi connectivity index (χ2v) is 8.10. The Kier molecular flexibility index (Phi) is 9.10. The molecule has 2 aromatic rings. The number of hydrogen-bond acceptors (Lipinski definition) is 7. The Bertz CT molecular complexity index is 1050. The summed E-state index contributed by atoms with van der Waals surface area (Å²) in [7, 11) is 2.86. The zero-order valence-electron chi connectivity index (χ0n) is 20.7. The lowest BCUT2D eigenvalue weighted by Crippen LogP contribution is -2.33. The third kappa shape index (κ3) is 6.17. The van der Waals surface area contributed by atoms with Gasteiger partial charge < -0.3 is 18.9 Å². The average Bonchev–Trinajstić information content (AvgIpc) is 2.86. The molecular weight excluding hydrogens is 432 g/mol. The molecule has 0 aliphatic carbocycles. The molecule has 0 saturated carbocycles. The largest absolute Gasteiger partial charge is 0.503 e. The average molecular weight is 467 g/mol. The lowest BCUT2D eigenvalue weighted by Gasteiger charge is -2.25. The van der Waals surface area contributed by atoms with E-state index in [1.807, 2.05) is 31.2 Å². The van der Waals surface area contributed by atoms with Gasteiger partial charge in [0.2, 0.25) is 0 Å². The SMILES string of the molecule is CCC(=NN1CCOCC1)c1cc(C)c(OCc2ccccc2C(=COC)C(=O)OC)cc1C. The molecule has 0 amide bonds. The molecule has 1 heterocycles. The van der Waals surface area contributed by atoms with Crippen LogP contribution >= 0.6 is 0 Å². The van der Waals surface area contributed by atoms with Gasteiger partial charge in [0.25, 0.3) is 0 Å². The normalized spacial score (nSPS) is 14.7. The third-order valence-electron chi connectivity index (χ3n) is 5.75. The van der Waals surface area contributed by atoms with Gasteiger partial charge in [-0.25, -0.2) is 4.79 Å². The second-order valence-electron chi connectivity index (χ2n) is 8.10. The number of carbonyl (C=O) groups is 1. The lowest BCUT2D eigenvalue weighted by molar-refractivity contribution is -0.133. The topological polar surface area (TPSA) is 69.6 Å². The number of esters is 1. The Balaban J connectivity index is 1.83. The van der Waals surface area contributed by atoms with Gasteiger partial charge in [-0.3, -0.25) is 5.01 Å². The number of carbonyl (C=O) groups excluding carboxylic acids is 1. The lowest BCUT2D eigenvalue weighted by atomic mass is 9.99. The highest BCUT2D eigenvalue weighted by Gasteiger charge is 2.18. The summed E-state index contributed by atoms with van der Waals surface area (Å²) in [6, 6.07) is 11.8. The van der Waals surface area contributed by atoms with E-state index in [9.17, 15) is 4.79 Å². The number of ether oxygens (including phenoxy) is 4. The first kappa shape index (κ1) is 25.3. The van der Waals surface area contributed by atoms with Crippen LogP contribution in [0.15, 0.2) is 47.8 Å². The van der Waals surface area contributed by atoms with Crippen LogP contribution in [-0.2, 0) is 25.6 Å². The van der Waals surface area contributed by atoms with Crippen molar-refractivity contribution in [1.82, 2.24) is 5.01 Å². The Morgan fingerprint density at radius 3 is 2.50 bits per heavy atom. The van der Waals surface area contributed by atoms with Crippen LogP contribution in [0.25, 0.3) is 5.57 Å². The predicted octanol–water partition coefficient (Wildman–Crippen LogP) is 4.49. The molecule has 1 aliphatic heterocycles. The monoisotopic (exact) mass is 466 g/mol. The second kappa shape index (κ2) is 12.2. The highest BCUT2D eigenvalue weighted by atomic mass is 16.5. The first-order valence-corrected chi connectivity index (χ1v) is 11.5. The molecule has 0 bridgehead atoms. The van der Waals surface area contributed by atoms with E-state index < -0.39 is 5.97 Å². The van der Waals surface area contributed by atoms with Crippen molar-refractivity contribution in [1.29, 1.82) is 0 Å². The van der Waals surface area contributed by atoms with Gasteiger partial charge in [0, 0.05) is 5.56 Å². The number of rotatable bonds is 9. The first-order valence-electron chi connectivity index (χ1n) is 11.5. The summed E-state index contributed by atoms with van der Waals surface area (Å²) in [6.07, 6.45) is 2.24. The van der Waals surface area contributed by atoms with E-state index >= 15 is 0 Å². The van der Waals surface area contributed by atoms with Crippen molar-refractivity contribution in [3.05, 3.63) is 70.5 Å². The quantitative estimate of drug-likeness (QED) is 0.235. The number of morpholine rings is 1. The molecule has 1 saturated heterocycles. The van der Waals surface area contributed by atoms with Gasteiger partial charge >= 0.3 is 5.97 Å². The van der Waals surface area contributed by atoms with Gasteiger partial charge in [-0.2, -0.15) is 5.10 Å². The maximum Gasteiger partial charge on any atom is 0.341 e. The van der Waals surface area contributed by atoms with Crippen LogP contribution in [0.5, 0.6) is 5.75 Å². The van der Waals surface area contributed by atoms with Crippen molar-refractivity contribution in [2.45, 2.75) is 33.8 Å². The van der Waals surface area contributed by atoms with Crippen LogP contribution in [0.1, 0.15) is 41.2 Å². The molecule has 1 fully saturated rings. The fourth-order valence-electron chi connectivity index (χ4n) is 3.91.